The number of hydrogen-bond donors (Lipinski definition) is 2. The van der Waals surface area contributed by atoms with E-state index in [1.807, 2.05) is 12.1 Å². The van der Waals surface area contributed by atoms with E-state index in [1.54, 1.807) is 6.07 Å². The molecule has 1 aliphatic rings. The summed E-state index contributed by atoms with van der Waals surface area (Å²) < 4.78 is 0. The Morgan fingerprint density at radius 3 is 2.87 bits per heavy atom. The summed E-state index contributed by atoms with van der Waals surface area (Å²) >= 11 is 0. The highest BCUT2D eigenvalue weighted by atomic mass is 35.5. The fourth-order valence-corrected chi connectivity index (χ4v) is 1.89. The third-order valence-electron chi connectivity index (χ3n) is 2.70. The Morgan fingerprint density at radius 2 is 2.27 bits per heavy atom. The highest BCUT2D eigenvalue weighted by Gasteiger charge is 2.16. The number of halogens is 1. The van der Waals surface area contributed by atoms with Crippen LogP contribution in [0.5, 0.6) is 0 Å². The SMILES string of the molecule is Cl.NC(=O)c1cccc([C@@H]2CCNC2)c1. The van der Waals surface area contributed by atoms with Crippen molar-refractivity contribution in [3.8, 4) is 0 Å². The first-order valence-electron chi connectivity index (χ1n) is 4.88. The first-order chi connectivity index (χ1) is 6.77. The van der Waals surface area contributed by atoms with E-state index in [4.69, 9.17) is 5.73 Å². The van der Waals surface area contributed by atoms with Crippen LogP contribution in [-0.2, 0) is 0 Å². The monoisotopic (exact) mass is 226 g/mol. The number of nitrogens with two attached hydrogens (primary N) is 1. The summed E-state index contributed by atoms with van der Waals surface area (Å²) in [6.45, 7) is 2.06. The second-order valence-electron chi connectivity index (χ2n) is 3.68. The molecule has 3 nitrogen and oxygen atoms in total. The minimum absolute atomic E-state index is 0. The average Bonchev–Trinajstić information content (AvgIpc) is 2.71. The van der Waals surface area contributed by atoms with Gasteiger partial charge in [-0.05, 0) is 36.6 Å². The second kappa shape index (κ2) is 5.14. The van der Waals surface area contributed by atoms with E-state index < -0.39 is 0 Å². The molecule has 1 heterocycles. The number of primary amides is 1. The third-order valence-corrected chi connectivity index (χ3v) is 2.70. The number of amides is 1. The predicted octanol–water partition coefficient (Wildman–Crippen LogP) is 1.28. The van der Waals surface area contributed by atoms with E-state index >= 15 is 0 Å². The fourth-order valence-electron chi connectivity index (χ4n) is 1.89. The largest absolute Gasteiger partial charge is 0.366 e. The Kier molecular flexibility index (Phi) is 4.12. The summed E-state index contributed by atoms with van der Waals surface area (Å²) in [6, 6.07) is 7.62. The topological polar surface area (TPSA) is 55.1 Å². The molecule has 0 saturated carbocycles. The smallest absolute Gasteiger partial charge is 0.248 e. The van der Waals surface area contributed by atoms with Crippen molar-refractivity contribution >= 4 is 18.3 Å². The molecule has 1 aliphatic heterocycles. The lowest BCUT2D eigenvalue weighted by molar-refractivity contribution is 0.1000. The molecule has 15 heavy (non-hydrogen) atoms. The lowest BCUT2D eigenvalue weighted by Crippen LogP contribution is -2.12. The van der Waals surface area contributed by atoms with Crippen molar-refractivity contribution in [2.75, 3.05) is 13.1 Å². The molecule has 0 aliphatic carbocycles. The van der Waals surface area contributed by atoms with E-state index in [2.05, 4.69) is 11.4 Å². The highest BCUT2D eigenvalue weighted by molar-refractivity contribution is 5.92. The van der Waals surface area contributed by atoms with Crippen molar-refractivity contribution < 1.29 is 4.79 Å². The minimum Gasteiger partial charge on any atom is -0.366 e. The highest BCUT2D eigenvalue weighted by Crippen LogP contribution is 2.22. The van der Waals surface area contributed by atoms with Gasteiger partial charge < -0.3 is 11.1 Å². The van der Waals surface area contributed by atoms with E-state index in [-0.39, 0.29) is 18.3 Å². The summed E-state index contributed by atoms with van der Waals surface area (Å²) in [5, 5.41) is 3.30. The van der Waals surface area contributed by atoms with Crippen molar-refractivity contribution in [3.63, 3.8) is 0 Å². The Bertz CT molecular complexity index is 348. The second-order valence-corrected chi connectivity index (χ2v) is 3.68. The zero-order valence-electron chi connectivity index (χ0n) is 8.40. The molecule has 1 amide bonds. The van der Waals surface area contributed by atoms with Gasteiger partial charge in [0.1, 0.15) is 0 Å². The van der Waals surface area contributed by atoms with Gasteiger partial charge >= 0.3 is 0 Å². The fraction of sp³-hybridized carbons (Fsp3) is 0.364. The normalized spacial score (nSPS) is 19.6. The van der Waals surface area contributed by atoms with Crippen molar-refractivity contribution in [3.05, 3.63) is 35.4 Å². The van der Waals surface area contributed by atoms with Crippen LogP contribution in [0.2, 0.25) is 0 Å². The van der Waals surface area contributed by atoms with Gasteiger partial charge in [-0.15, -0.1) is 12.4 Å². The Labute approximate surface area is 95.5 Å². The molecule has 82 valence electrons. The number of carbonyl (C=O) groups excluding carboxylic acids is 1. The molecule has 0 spiro atoms. The van der Waals surface area contributed by atoms with Gasteiger partial charge in [0.05, 0.1) is 0 Å². The maximum atomic E-state index is 11.0. The van der Waals surface area contributed by atoms with Crippen LogP contribution in [0, 0.1) is 0 Å². The standard InChI is InChI=1S/C11H14N2O.ClH/c12-11(14)9-3-1-2-8(6-9)10-4-5-13-7-10;/h1-3,6,10,13H,4-5,7H2,(H2,12,14);1H/t10-;/m1./s1. The summed E-state index contributed by atoms with van der Waals surface area (Å²) in [6.07, 6.45) is 1.14. The van der Waals surface area contributed by atoms with Crippen molar-refractivity contribution in [2.45, 2.75) is 12.3 Å². The lowest BCUT2D eigenvalue weighted by Gasteiger charge is -2.09. The van der Waals surface area contributed by atoms with Crippen LogP contribution in [-0.4, -0.2) is 19.0 Å². The van der Waals surface area contributed by atoms with Gasteiger partial charge in [-0.25, -0.2) is 0 Å². The molecule has 2 rings (SSSR count). The van der Waals surface area contributed by atoms with Crippen LogP contribution in [0.3, 0.4) is 0 Å². The van der Waals surface area contributed by atoms with Crippen LogP contribution in [0.1, 0.15) is 28.3 Å². The molecule has 1 fully saturated rings. The summed E-state index contributed by atoms with van der Waals surface area (Å²) in [4.78, 5) is 11.0. The number of hydrogen-bond acceptors (Lipinski definition) is 2. The lowest BCUT2D eigenvalue weighted by atomic mass is 9.96. The van der Waals surface area contributed by atoms with Crippen LogP contribution >= 0.6 is 12.4 Å². The zero-order valence-corrected chi connectivity index (χ0v) is 9.22. The van der Waals surface area contributed by atoms with Gasteiger partial charge in [-0.1, -0.05) is 12.1 Å². The van der Waals surface area contributed by atoms with Crippen LogP contribution < -0.4 is 11.1 Å². The van der Waals surface area contributed by atoms with Gasteiger partial charge in [-0.3, -0.25) is 4.79 Å². The quantitative estimate of drug-likeness (QED) is 0.799. The van der Waals surface area contributed by atoms with Gasteiger partial charge in [-0.2, -0.15) is 0 Å². The third kappa shape index (κ3) is 2.70. The summed E-state index contributed by atoms with van der Waals surface area (Å²) in [5.41, 5.74) is 7.05. The zero-order chi connectivity index (χ0) is 9.97. The van der Waals surface area contributed by atoms with E-state index in [1.165, 1.54) is 5.56 Å². The molecule has 4 heteroatoms. The average molecular weight is 227 g/mol. The molecule has 1 atom stereocenters. The molecular weight excluding hydrogens is 212 g/mol. The molecular formula is C11H15ClN2O. The van der Waals surface area contributed by atoms with E-state index in [9.17, 15) is 4.79 Å². The maximum absolute atomic E-state index is 11.0. The van der Waals surface area contributed by atoms with Crippen molar-refractivity contribution in [1.29, 1.82) is 0 Å². The predicted molar refractivity (Wildman–Crippen MR) is 62.4 cm³/mol. The van der Waals surface area contributed by atoms with Crippen LogP contribution in [0.4, 0.5) is 0 Å². The van der Waals surface area contributed by atoms with E-state index in [0.29, 0.717) is 11.5 Å². The first-order valence-corrected chi connectivity index (χ1v) is 4.88. The Morgan fingerprint density at radius 1 is 1.47 bits per heavy atom. The summed E-state index contributed by atoms with van der Waals surface area (Å²) in [5.74, 6) is 0.187. The van der Waals surface area contributed by atoms with Crippen molar-refractivity contribution in [1.82, 2.24) is 5.32 Å². The number of carbonyl (C=O) groups is 1. The van der Waals surface area contributed by atoms with Crippen molar-refractivity contribution in [2.24, 2.45) is 5.73 Å². The molecule has 0 unspecified atom stereocenters. The summed E-state index contributed by atoms with van der Waals surface area (Å²) in [7, 11) is 0. The molecule has 1 saturated heterocycles. The molecule has 0 aromatic heterocycles. The number of nitrogens with one attached hydrogen (secondary N) is 1. The minimum atomic E-state index is -0.349. The molecule has 0 bridgehead atoms. The van der Waals surface area contributed by atoms with Crippen LogP contribution in [0.15, 0.2) is 24.3 Å². The number of benzene rings is 1. The molecule has 1 aromatic carbocycles. The molecule has 3 N–H and O–H groups in total. The number of rotatable bonds is 2. The van der Waals surface area contributed by atoms with Gasteiger partial charge in [0.25, 0.3) is 0 Å². The molecule has 1 aromatic rings. The molecule has 0 radical (unpaired) electrons. The van der Waals surface area contributed by atoms with Crippen LogP contribution in [0.25, 0.3) is 0 Å². The van der Waals surface area contributed by atoms with Gasteiger partial charge in [0, 0.05) is 12.1 Å². The Hall–Kier alpha value is -1.06. The first kappa shape index (κ1) is 12.0. The Balaban J connectivity index is 0.00000112. The van der Waals surface area contributed by atoms with E-state index in [0.717, 1.165) is 19.5 Å². The maximum Gasteiger partial charge on any atom is 0.248 e. The van der Waals surface area contributed by atoms with Gasteiger partial charge in [0.15, 0.2) is 0 Å². The van der Waals surface area contributed by atoms with Gasteiger partial charge in [0.2, 0.25) is 5.91 Å².